The summed E-state index contributed by atoms with van der Waals surface area (Å²) < 4.78 is 13.8. The fourth-order valence-corrected chi connectivity index (χ4v) is 2.15. The number of carbonyl (C=O) groups excluding carboxylic acids is 2. The first-order valence-corrected chi connectivity index (χ1v) is 6.08. The molecule has 0 aromatic heterocycles. The summed E-state index contributed by atoms with van der Waals surface area (Å²) in [4.78, 5) is 22.8. The first-order valence-electron chi connectivity index (χ1n) is 6.08. The van der Waals surface area contributed by atoms with Crippen LogP contribution in [-0.4, -0.2) is 24.4 Å². The van der Waals surface area contributed by atoms with E-state index in [9.17, 15) is 14.0 Å². The Bertz CT molecular complexity index is 527. The van der Waals surface area contributed by atoms with Gasteiger partial charge in [0, 0.05) is 12.7 Å². The third-order valence-corrected chi connectivity index (χ3v) is 3.50. The monoisotopic (exact) mass is 265 g/mol. The van der Waals surface area contributed by atoms with Crippen LogP contribution >= 0.6 is 0 Å². The van der Waals surface area contributed by atoms with E-state index in [2.05, 4.69) is 10.6 Å². The maximum atomic E-state index is 13.8. The van der Waals surface area contributed by atoms with Crippen molar-refractivity contribution in [2.75, 3.05) is 12.4 Å². The normalized spacial score (nSPS) is 16.3. The van der Waals surface area contributed by atoms with Crippen LogP contribution in [0.15, 0.2) is 18.2 Å². The van der Waals surface area contributed by atoms with Gasteiger partial charge in [0.2, 0.25) is 5.91 Å². The number of anilines is 1. The van der Waals surface area contributed by atoms with E-state index in [-0.39, 0.29) is 5.56 Å². The van der Waals surface area contributed by atoms with Crippen LogP contribution in [0.4, 0.5) is 10.1 Å². The van der Waals surface area contributed by atoms with Crippen molar-refractivity contribution in [2.45, 2.75) is 24.8 Å². The zero-order valence-corrected chi connectivity index (χ0v) is 10.6. The standard InChI is InChI=1S/C13H16FN3O2/c1-16-11(18)9-4-3-8(7-10(9)14)17-13(12(15)19)5-2-6-13/h3-4,7,17H,2,5-6H2,1H3,(H2,15,19)(H,16,18). The van der Waals surface area contributed by atoms with Gasteiger partial charge in [0.15, 0.2) is 0 Å². The maximum Gasteiger partial charge on any atom is 0.253 e. The van der Waals surface area contributed by atoms with Gasteiger partial charge in [-0.25, -0.2) is 4.39 Å². The van der Waals surface area contributed by atoms with Crippen molar-refractivity contribution in [1.82, 2.24) is 5.32 Å². The Morgan fingerprint density at radius 2 is 2.05 bits per heavy atom. The zero-order chi connectivity index (χ0) is 14.0. The molecule has 0 aliphatic heterocycles. The molecule has 1 aliphatic rings. The lowest BCUT2D eigenvalue weighted by molar-refractivity contribution is -0.124. The molecule has 0 unspecified atom stereocenters. The zero-order valence-electron chi connectivity index (χ0n) is 10.6. The molecule has 0 radical (unpaired) electrons. The van der Waals surface area contributed by atoms with E-state index in [4.69, 9.17) is 5.73 Å². The minimum atomic E-state index is -0.777. The van der Waals surface area contributed by atoms with Crippen molar-refractivity contribution in [3.05, 3.63) is 29.6 Å². The highest BCUT2D eigenvalue weighted by molar-refractivity contribution is 5.95. The second-order valence-corrected chi connectivity index (χ2v) is 4.70. The number of benzene rings is 1. The van der Waals surface area contributed by atoms with Gasteiger partial charge in [0.25, 0.3) is 5.91 Å². The van der Waals surface area contributed by atoms with Gasteiger partial charge in [-0.3, -0.25) is 9.59 Å². The lowest BCUT2D eigenvalue weighted by Crippen LogP contribution is -2.55. The average molecular weight is 265 g/mol. The summed E-state index contributed by atoms with van der Waals surface area (Å²) in [6.07, 6.45) is 2.19. The molecule has 0 heterocycles. The Morgan fingerprint density at radius 3 is 2.47 bits per heavy atom. The smallest absolute Gasteiger partial charge is 0.253 e. The summed E-state index contributed by atoms with van der Waals surface area (Å²) in [5.74, 6) is -1.56. The SMILES string of the molecule is CNC(=O)c1ccc(NC2(C(N)=O)CCC2)cc1F. The second-order valence-electron chi connectivity index (χ2n) is 4.70. The Labute approximate surface area is 110 Å². The van der Waals surface area contributed by atoms with Crippen molar-refractivity contribution in [3.63, 3.8) is 0 Å². The van der Waals surface area contributed by atoms with Gasteiger partial charge in [-0.15, -0.1) is 0 Å². The number of amides is 2. The molecule has 1 aromatic carbocycles. The molecular formula is C13H16FN3O2. The van der Waals surface area contributed by atoms with Crippen molar-refractivity contribution in [3.8, 4) is 0 Å². The van der Waals surface area contributed by atoms with Crippen molar-refractivity contribution in [2.24, 2.45) is 5.73 Å². The molecule has 1 saturated carbocycles. The average Bonchev–Trinajstić information content (AvgIpc) is 2.32. The minimum absolute atomic E-state index is 0.0326. The van der Waals surface area contributed by atoms with Crippen LogP contribution in [0.3, 0.4) is 0 Å². The molecule has 0 saturated heterocycles. The number of halogens is 1. The number of nitrogens with one attached hydrogen (secondary N) is 2. The highest BCUT2D eigenvalue weighted by Gasteiger charge is 2.42. The van der Waals surface area contributed by atoms with Crippen LogP contribution in [0.1, 0.15) is 29.6 Å². The Hall–Kier alpha value is -2.11. The number of nitrogens with two attached hydrogens (primary N) is 1. The number of rotatable bonds is 4. The number of hydrogen-bond acceptors (Lipinski definition) is 3. The molecule has 2 rings (SSSR count). The predicted octanol–water partition coefficient (Wildman–Crippen LogP) is 1.01. The molecule has 1 aliphatic carbocycles. The van der Waals surface area contributed by atoms with E-state index in [1.165, 1.54) is 19.2 Å². The summed E-state index contributed by atoms with van der Waals surface area (Å²) in [5.41, 5.74) is 5.00. The largest absolute Gasteiger partial charge is 0.371 e. The Morgan fingerprint density at radius 1 is 1.37 bits per heavy atom. The number of carbonyl (C=O) groups is 2. The molecule has 0 atom stereocenters. The van der Waals surface area contributed by atoms with E-state index in [0.717, 1.165) is 6.42 Å². The number of hydrogen-bond donors (Lipinski definition) is 3. The van der Waals surface area contributed by atoms with Crippen molar-refractivity contribution < 1.29 is 14.0 Å². The van der Waals surface area contributed by atoms with Crippen LogP contribution in [0.5, 0.6) is 0 Å². The molecule has 102 valence electrons. The molecular weight excluding hydrogens is 249 g/mol. The molecule has 19 heavy (non-hydrogen) atoms. The fraction of sp³-hybridized carbons (Fsp3) is 0.385. The van der Waals surface area contributed by atoms with E-state index < -0.39 is 23.2 Å². The van der Waals surface area contributed by atoms with Gasteiger partial charge in [-0.2, -0.15) is 0 Å². The first-order chi connectivity index (χ1) is 8.98. The summed E-state index contributed by atoms with van der Waals surface area (Å²) in [6.45, 7) is 0. The minimum Gasteiger partial charge on any atom is -0.371 e. The summed E-state index contributed by atoms with van der Waals surface area (Å²) in [5, 5.41) is 5.33. The molecule has 4 N–H and O–H groups in total. The molecule has 1 fully saturated rings. The Kier molecular flexibility index (Phi) is 3.42. The van der Waals surface area contributed by atoms with Gasteiger partial charge in [-0.05, 0) is 37.5 Å². The third kappa shape index (κ3) is 2.38. The van der Waals surface area contributed by atoms with Crippen LogP contribution in [0.25, 0.3) is 0 Å². The van der Waals surface area contributed by atoms with Crippen molar-refractivity contribution >= 4 is 17.5 Å². The molecule has 0 bridgehead atoms. The number of primary amides is 1. The third-order valence-electron chi connectivity index (χ3n) is 3.50. The lowest BCUT2D eigenvalue weighted by Gasteiger charge is -2.40. The van der Waals surface area contributed by atoms with Crippen LogP contribution in [0.2, 0.25) is 0 Å². The van der Waals surface area contributed by atoms with E-state index in [1.807, 2.05) is 0 Å². The second kappa shape index (κ2) is 4.87. The van der Waals surface area contributed by atoms with Crippen molar-refractivity contribution in [1.29, 1.82) is 0 Å². The highest BCUT2D eigenvalue weighted by Crippen LogP contribution is 2.35. The summed E-state index contributed by atoms with van der Waals surface area (Å²) in [7, 11) is 1.43. The lowest BCUT2D eigenvalue weighted by atomic mass is 9.76. The predicted molar refractivity (Wildman–Crippen MR) is 69.2 cm³/mol. The van der Waals surface area contributed by atoms with Crippen LogP contribution in [-0.2, 0) is 4.79 Å². The molecule has 5 nitrogen and oxygen atoms in total. The van der Waals surface area contributed by atoms with Gasteiger partial charge in [0.1, 0.15) is 11.4 Å². The first kappa shape index (κ1) is 13.3. The van der Waals surface area contributed by atoms with E-state index >= 15 is 0 Å². The maximum absolute atomic E-state index is 13.8. The van der Waals surface area contributed by atoms with Crippen LogP contribution in [0, 0.1) is 5.82 Å². The molecule has 2 amide bonds. The van der Waals surface area contributed by atoms with E-state index in [0.29, 0.717) is 18.5 Å². The van der Waals surface area contributed by atoms with Gasteiger partial charge in [0.05, 0.1) is 5.56 Å². The van der Waals surface area contributed by atoms with Gasteiger partial charge < -0.3 is 16.4 Å². The molecule has 1 aromatic rings. The summed E-state index contributed by atoms with van der Waals surface area (Å²) in [6, 6.07) is 4.15. The molecule has 0 spiro atoms. The van der Waals surface area contributed by atoms with Gasteiger partial charge >= 0.3 is 0 Å². The highest BCUT2D eigenvalue weighted by atomic mass is 19.1. The Balaban J connectivity index is 2.21. The fourth-order valence-electron chi connectivity index (χ4n) is 2.15. The summed E-state index contributed by atoms with van der Waals surface area (Å²) >= 11 is 0. The van der Waals surface area contributed by atoms with Gasteiger partial charge in [-0.1, -0.05) is 0 Å². The topological polar surface area (TPSA) is 84.2 Å². The van der Waals surface area contributed by atoms with E-state index in [1.54, 1.807) is 6.07 Å². The molecule has 6 heteroatoms. The van der Waals surface area contributed by atoms with Crippen LogP contribution < -0.4 is 16.4 Å². The quantitative estimate of drug-likeness (QED) is 0.759.